The summed E-state index contributed by atoms with van der Waals surface area (Å²) < 4.78 is 1.78. The van der Waals surface area contributed by atoms with Gasteiger partial charge in [-0.2, -0.15) is 5.10 Å². The standard InChI is InChI=1S/C17H28N4O2/c1-12(15-10-19-21(3)13(15)2)20-17(23)11-18-16(22)9-14-7-5-4-6-8-14/h10,12,14H,4-9,11H2,1-3H3,(H,18,22)(H,20,23). The Morgan fingerprint density at radius 2 is 2.00 bits per heavy atom. The van der Waals surface area contributed by atoms with Crippen molar-refractivity contribution in [3.63, 3.8) is 0 Å². The summed E-state index contributed by atoms with van der Waals surface area (Å²) in [4.78, 5) is 23.9. The molecule has 1 fully saturated rings. The highest BCUT2D eigenvalue weighted by molar-refractivity contribution is 5.84. The van der Waals surface area contributed by atoms with Gasteiger partial charge in [0.05, 0.1) is 18.8 Å². The summed E-state index contributed by atoms with van der Waals surface area (Å²) in [5, 5.41) is 9.82. The van der Waals surface area contributed by atoms with Crippen LogP contribution in [0, 0.1) is 12.8 Å². The van der Waals surface area contributed by atoms with Gasteiger partial charge in [-0.3, -0.25) is 14.3 Å². The lowest BCUT2D eigenvalue weighted by Gasteiger charge is -2.21. The zero-order chi connectivity index (χ0) is 16.8. The Hall–Kier alpha value is -1.85. The molecule has 2 N–H and O–H groups in total. The van der Waals surface area contributed by atoms with Crippen molar-refractivity contribution in [1.29, 1.82) is 0 Å². The molecule has 0 aliphatic heterocycles. The third kappa shape index (κ3) is 5.08. The van der Waals surface area contributed by atoms with Gasteiger partial charge in [-0.1, -0.05) is 19.3 Å². The van der Waals surface area contributed by atoms with E-state index in [-0.39, 0.29) is 24.4 Å². The van der Waals surface area contributed by atoms with E-state index >= 15 is 0 Å². The summed E-state index contributed by atoms with van der Waals surface area (Å²) in [5.74, 6) is 0.304. The first-order valence-electron chi connectivity index (χ1n) is 8.52. The number of rotatable bonds is 6. The van der Waals surface area contributed by atoms with Crippen LogP contribution in [0.2, 0.25) is 0 Å². The Bertz CT molecular complexity index is 547. The zero-order valence-corrected chi connectivity index (χ0v) is 14.4. The molecule has 1 aromatic rings. The fraction of sp³-hybridized carbons (Fsp3) is 0.706. The number of aromatic nitrogens is 2. The molecule has 2 rings (SSSR count). The van der Waals surface area contributed by atoms with E-state index in [0.717, 1.165) is 24.1 Å². The molecule has 1 atom stereocenters. The highest BCUT2D eigenvalue weighted by Crippen LogP contribution is 2.26. The molecule has 6 nitrogen and oxygen atoms in total. The van der Waals surface area contributed by atoms with Crippen molar-refractivity contribution in [2.24, 2.45) is 13.0 Å². The monoisotopic (exact) mass is 320 g/mol. The maximum atomic E-state index is 12.0. The van der Waals surface area contributed by atoms with E-state index in [0.29, 0.717) is 12.3 Å². The molecular weight excluding hydrogens is 292 g/mol. The molecule has 1 aromatic heterocycles. The van der Waals surface area contributed by atoms with E-state index in [2.05, 4.69) is 15.7 Å². The first kappa shape index (κ1) is 17.5. The van der Waals surface area contributed by atoms with Crippen molar-refractivity contribution < 1.29 is 9.59 Å². The van der Waals surface area contributed by atoms with Crippen LogP contribution in [0.3, 0.4) is 0 Å². The van der Waals surface area contributed by atoms with Gasteiger partial charge in [-0.15, -0.1) is 0 Å². The van der Waals surface area contributed by atoms with E-state index in [1.54, 1.807) is 10.9 Å². The van der Waals surface area contributed by atoms with E-state index in [1.807, 2.05) is 20.9 Å². The Morgan fingerprint density at radius 3 is 2.61 bits per heavy atom. The maximum absolute atomic E-state index is 12.0. The molecule has 1 aliphatic carbocycles. The number of hydrogen-bond donors (Lipinski definition) is 2. The molecule has 0 bridgehead atoms. The summed E-state index contributed by atoms with van der Waals surface area (Å²) in [6, 6.07) is -0.119. The third-order valence-electron chi connectivity index (χ3n) is 4.76. The lowest BCUT2D eigenvalue weighted by molar-refractivity contribution is -0.127. The number of carbonyl (C=O) groups is 2. The molecule has 0 aromatic carbocycles. The molecule has 1 aliphatic rings. The molecule has 2 amide bonds. The van der Waals surface area contributed by atoms with Gasteiger partial charge >= 0.3 is 0 Å². The fourth-order valence-corrected chi connectivity index (χ4v) is 3.22. The quantitative estimate of drug-likeness (QED) is 0.841. The largest absolute Gasteiger partial charge is 0.348 e. The van der Waals surface area contributed by atoms with E-state index in [4.69, 9.17) is 0 Å². The number of aryl methyl sites for hydroxylation is 1. The van der Waals surface area contributed by atoms with Crippen molar-refractivity contribution in [3.8, 4) is 0 Å². The average Bonchev–Trinajstić information content (AvgIpc) is 2.86. The van der Waals surface area contributed by atoms with Crippen LogP contribution in [0.4, 0.5) is 0 Å². The molecule has 1 heterocycles. The number of carbonyl (C=O) groups excluding carboxylic acids is 2. The van der Waals surface area contributed by atoms with Gasteiger partial charge in [0.1, 0.15) is 0 Å². The number of nitrogens with one attached hydrogen (secondary N) is 2. The number of amides is 2. The SMILES string of the molecule is Cc1c(C(C)NC(=O)CNC(=O)CC2CCCCC2)cnn1C. The topological polar surface area (TPSA) is 76.0 Å². The second-order valence-corrected chi connectivity index (χ2v) is 6.58. The molecule has 0 saturated heterocycles. The van der Waals surface area contributed by atoms with Crippen LogP contribution >= 0.6 is 0 Å². The summed E-state index contributed by atoms with van der Waals surface area (Å²) in [5.41, 5.74) is 2.02. The van der Waals surface area contributed by atoms with Crippen LogP contribution in [-0.2, 0) is 16.6 Å². The Labute approximate surface area is 138 Å². The average molecular weight is 320 g/mol. The van der Waals surface area contributed by atoms with Gasteiger partial charge in [0, 0.05) is 24.7 Å². The molecule has 6 heteroatoms. The van der Waals surface area contributed by atoms with Crippen molar-refractivity contribution in [2.45, 2.75) is 58.4 Å². The Kier molecular flexibility index (Phi) is 6.19. The van der Waals surface area contributed by atoms with Crippen molar-refractivity contribution in [1.82, 2.24) is 20.4 Å². The summed E-state index contributed by atoms with van der Waals surface area (Å²) in [6.07, 6.45) is 8.31. The summed E-state index contributed by atoms with van der Waals surface area (Å²) in [6.45, 7) is 3.93. The second-order valence-electron chi connectivity index (χ2n) is 6.58. The highest BCUT2D eigenvalue weighted by Gasteiger charge is 2.18. The zero-order valence-electron chi connectivity index (χ0n) is 14.4. The van der Waals surface area contributed by atoms with E-state index < -0.39 is 0 Å². The number of nitrogens with zero attached hydrogens (tertiary/aromatic N) is 2. The predicted molar refractivity (Wildman–Crippen MR) is 88.7 cm³/mol. The van der Waals surface area contributed by atoms with Gasteiger partial charge in [-0.25, -0.2) is 0 Å². The van der Waals surface area contributed by atoms with E-state index in [9.17, 15) is 9.59 Å². The van der Waals surface area contributed by atoms with Gasteiger partial charge in [0.2, 0.25) is 11.8 Å². The maximum Gasteiger partial charge on any atom is 0.239 e. The number of hydrogen-bond acceptors (Lipinski definition) is 3. The minimum atomic E-state index is -0.169. The van der Waals surface area contributed by atoms with E-state index in [1.165, 1.54) is 19.3 Å². The van der Waals surface area contributed by atoms with Gasteiger partial charge < -0.3 is 10.6 Å². The minimum absolute atomic E-state index is 0.0164. The van der Waals surface area contributed by atoms with Crippen LogP contribution in [0.5, 0.6) is 0 Å². The molecular formula is C17H28N4O2. The van der Waals surface area contributed by atoms with Crippen molar-refractivity contribution in [3.05, 3.63) is 17.5 Å². The normalized spacial score (nSPS) is 16.8. The van der Waals surface area contributed by atoms with Crippen LogP contribution in [0.1, 0.15) is 62.7 Å². The molecule has 1 unspecified atom stereocenters. The van der Waals surface area contributed by atoms with Crippen molar-refractivity contribution >= 4 is 11.8 Å². The minimum Gasteiger partial charge on any atom is -0.348 e. The first-order chi connectivity index (χ1) is 11.0. The lowest BCUT2D eigenvalue weighted by Crippen LogP contribution is -2.38. The molecule has 23 heavy (non-hydrogen) atoms. The molecule has 0 spiro atoms. The summed E-state index contributed by atoms with van der Waals surface area (Å²) in [7, 11) is 1.87. The predicted octanol–water partition coefficient (Wildman–Crippen LogP) is 1.99. The second kappa shape index (κ2) is 8.13. The Morgan fingerprint density at radius 1 is 1.30 bits per heavy atom. The third-order valence-corrected chi connectivity index (χ3v) is 4.76. The van der Waals surface area contributed by atoms with Gasteiger partial charge in [-0.05, 0) is 32.6 Å². The smallest absolute Gasteiger partial charge is 0.239 e. The van der Waals surface area contributed by atoms with Crippen LogP contribution < -0.4 is 10.6 Å². The van der Waals surface area contributed by atoms with Gasteiger partial charge in [0.15, 0.2) is 0 Å². The highest BCUT2D eigenvalue weighted by atomic mass is 16.2. The fourth-order valence-electron chi connectivity index (χ4n) is 3.22. The van der Waals surface area contributed by atoms with Gasteiger partial charge in [0.25, 0.3) is 0 Å². The molecule has 128 valence electrons. The van der Waals surface area contributed by atoms with Crippen molar-refractivity contribution in [2.75, 3.05) is 6.54 Å². The molecule has 1 saturated carbocycles. The van der Waals surface area contributed by atoms with Crippen LogP contribution in [0.15, 0.2) is 6.20 Å². The van der Waals surface area contributed by atoms with Crippen LogP contribution in [0.25, 0.3) is 0 Å². The van der Waals surface area contributed by atoms with Crippen LogP contribution in [-0.4, -0.2) is 28.1 Å². The lowest BCUT2D eigenvalue weighted by atomic mass is 9.87. The first-order valence-corrected chi connectivity index (χ1v) is 8.52. The molecule has 0 radical (unpaired) electrons. The summed E-state index contributed by atoms with van der Waals surface area (Å²) >= 11 is 0. The Balaban J connectivity index is 1.71.